The second kappa shape index (κ2) is 6.37. The minimum atomic E-state index is -0.464. The first kappa shape index (κ1) is 15.5. The van der Waals surface area contributed by atoms with Gasteiger partial charge in [-0.1, -0.05) is 5.16 Å². The topological polar surface area (TPSA) is 101 Å². The molecule has 3 rings (SSSR count). The number of aromatic nitrogens is 2. The van der Waals surface area contributed by atoms with Gasteiger partial charge in [-0.05, 0) is 24.3 Å². The molecular weight excluding hydrogens is 314 g/mol. The average molecular weight is 327 g/mol. The SMILES string of the molecule is COc1cc(OC)cc(-c2nc(-c3ccc([N+](=O)[O-])cc3)no2)c1. The summed E-state index contributed by atoms with van der Waals surface area (Å²) in [6.07, 6.45) is 0. The van der Waals surface area contributed by atoms with Crippen LogP contribution in [0.1, 0.15) is 0 Å². The van der Waals surface area contributed by atoms with Crippen LogP contribution in [0.4, 0.5) is 5.69 Å². The van der Waals surface area contributed by atoms with Crippen molar-refractivity contribution in [3.8, 4) is 34.3 Å². The highest BCUT2D eigenvalue weighted by Gasteiger charge is 2.14. The third kappa shape index (κ3) is 3.02. The number of nitrogens with zero attached hydrogens (tertiary/aromatic N) is 3. The van der Waals surface area contributed by atoms with E-state index in [0.717, 1.165) is 0 Å². The van der Waals surface area contributed by atoms with Crippen LogP contribution in [-0.4, -0.2) is 29.3 Å². The maximum Gasteiger partial charge on any atom is 0.269 e. The van der Waals surface area contributed by atoms with Crippen LogP contribution in [-0.2, 0) is 0 Å². The predicted octanol–water partition coefficient (Wildman–Crippen LogP) is 3.33. The number of rotatable bonds is 5. The Kier molecular flexibility index (Phi) is 4.11. The second-order valence-corrected chi connectivity index (χ2v) is 4.83. The zero-order valence-electron chi connectivity index (χ0n) is 12.9. The van der Waals surface area contributed by atoms with Crippen molar-refractivity contribution in [3.63, 3.8) is 0 Å². The van der Waals surface area contributed by atoms with Gasteiger partial charge in [-0.2, -0.15) is 4.98 Å². The first-order valence-corrected chi connectivity index (χ1v) is 6.92. The zero-order chi connectivity index (χ0) is 17.1. The molecule has 0 saturated carbocycles. The highest BCUT2D eigenvalue weighted by molar-refractivity contribution is 5.63. The number of nitro groups is 1. The molecular formula is C16H13N3O5. The largest absolute Gasteiger partial charge is 0.497 e. The molecule has 0 unspecified atom stereocenters. The number of methoxy groups -OCH3 is 2. The summed E-state index contributed by atoms with van der Waals surface area (Å²) in [6, 6.07) is 11.1. The van der Waals surface area contributed by atoms with Crippen LogP contribution in [0.5, 0.6) is 11.5 Å². The fourth-order valence-corrected chi connectivity index (χ4v) is 2.12. The van der Waals surface area contributed by atoms with Gasteiger partial charge in [0.25, 0.3) is 11.6 Å². The molecule has 8 nitrogen and oxygen atoms in total. The van der Waals surface area contributed by atoms with Gasteiger partial charge in [0.1, 0.15) is 11.5 Å². The number of hydrogen-bond acceptors (Lipinski definition) is 7. The van der Waals surface area contributed by atoms with Gasteiger partial charge in [-0.3, -0.25) is 10.1 Å². The van der Waals surface area contributed by atoms with Crippen LogP contribution < -0.4 is 9.47 Å². The Morgan fingerprint density at radius 1 is 1.00 bits per heavy atom. The molecule has 8 heteroatoms. The number of hydrogen-bond donors (Lipinski definition) is 0. The van der Waals surface area contributed by atoms with E-state index < -0.39 is 4.92 Å². The summed E-state index contributed by atoms with van der Waals surface area (Å²) in [5, 5.41) is 14.6. The maximum absolute atomic E-state index is 10.7. The Hall–Kier alpha value is -3.42. The fraction of sp³-hybridized carbons (Fsp3) is 0.125. The summed E-state index contributed by atoms with van der Waals surface area (Å²) >= 11 is 0. The van der Waals surface area contributed by atoms with Crippen molar-refractivity contribution < 1.29 is 18.9 Å². The van der Waals surface area contributed by atoms with Crippen molar-refractivity contribution in [1.29, 1.82) is 0 Å². The van der Waals surface area contributed by atoms with Gasteiger partial charge < -0.3 is 14.0 Å². The molecule has 1 heterocycles. The summed E-state index contributed by atoms with van der Waals surface area (Å²) in [7, 11) is 3.10. The summed E-state index contributed by atoms with van der Waals surface area (Å²) in [6.45, 7) is 0. The van der Waals surface area contributed by atoms with Crippen molar-refractivity contribution in [2.24, 2.45) is 0 Å². The molecule has 0 saturated heterocycles. The van der Waals surface area contributed by atoms with Gasteiger partial charge >= 0.3 is 0 Å². The van der Waals surface area contributed by atoms with Crippen molar-refractivity contribution in [3.05, 3.63) is 52.6 Å². The van der Waals surface area contributed by atoms with Gasteiger partial charge in [0.15, 0.2) is 0 Å². The highest BCUT2D eigenvalue weighted by Crippen LogP contribution is 2.30. The molecule has 0 aliphatic carbocycles. The predicted molar refractivity (Wildman–Crippen MR) is 84.9 cm³/mol. The quantitative estimate of drug-likeness (QED) is 0.523. The Morgan fingerprint density at radius 3 is 2.17 bits per heavy atom. The van der Waals surface area contributed by atoms with Crippen molar-refractivity contribution in [2.75, 3.05) is 14.2 Å². The van der Waals surface area contributed by atoms with Crippen molar-refractivity contribution >= 4 is 5.69 Å². The Morgan fingerprint density at radius 2 is 1.62 bits per heavy atom. The van der Waals surface area contributed by atoms with E-state index in [1.807, 2.05) is 0 Å². The lowest BCUT2D eigenvalue weighted by Gasteiger charge is -2.05. The van der Waals surface area contributed by atoms with Crippen LogP contribution >= 0.6 is 0 Å². The van der Waals surface area contributed by atoms with Crippen LogP contribution in [0.15, 0.2) is 47.0 Å². The van der Waals surface area contributed by atoms with E-state index in [0.29, 0.717) is 34.3 Å². The normalized spacial score (nSPS) is 10.4. The van der Waals surface area contributed by atoms with Crippen LogP contribution in [0, 0.1) is 10.1 Å². The number of nitro benzene ring substituents is 1. The number of benzene rings is 2. The van der Waals surface area contributed by atoms with E-state index >= 15 is 0 Å². The van der Waals surface area contributed by atoms with E-state index in [2.05, 4.69) is 10.1 Å². The third-order valence-electron chi connectivity index (χ3n) is 3.36. The molecule has 0 atom stereocenters. The maximum atomic E-state index is 10.7. The standard InChI is InChI=1S/C16H13N3O5/c1-22-13-7-11(8-14(9-13)23-2)16-17-15(18-24-16)10-3-5-12(6-4-10)19(20)21/h3-9H,1-2H3. The van der Waals surface area contributed by atoms with Crippen LogP contribution in [0.3, 0.4) is 0 Å². The minimum absolute atomic E-state index is 0.000000434. The molecule has 0 spiro atoms. The van der Waals surface area contributed by atoms with E-state index in [1.165, 1.54) is 12.1 Å². The number of ether oxygens (including phenoxy) is 2. The molecule has 0 aliphatic heterocycles. The molecule has 1 aromatic heterocycles. The molecule has 2 aromatic carbocycles. The van der Waals surface area contributed by atoms with Gasteiger partial charge in [-0.15, -0.1) is 0 Å². The monoisotopic (exact) mass is 327 g/mol. The smallest absolute Gasteiger partial charge is 0.269 e. The molecule has 24 heavy (non-hydrogen) atoms. The lowest BCUT2D eigenvalue weighted by atomic mass is 10.2. The minimum Gasteiger partial charge on any atom is -0.497 e. The van der Waals surface area contributed by atoms with Crippen LogP contribution in [0.2, 0.25) is 0 Å². The Labute approximate surface area is 136 Å². The Bertz CT molecular complexity index is 851. The zero-order valence-corrected chi connectivity index (χ0v) is 12.9. The summed E-state index contributed by atoms with van der Waals surface area (Å²) < 4.78 is 15.7. The highest BCUT2D eigenvalue weighted by atomic mass is 16.6. The molecule has 3 aromatic rings. The number of non-ortho nitro benzene ring substituents is 1. The molecule has 0 aliphatic rings. The van der Waals surface area contributed by atoms with Gasteiger partial charge in [0.05, 0.1) is 19.1 Å². The second-order valence-electron chi connectivity index (χ2n) is 4.83. The van der Waals surface area contributed by atoms with Crippen molar-refractivity contribution in [2.45, 2.75) is 0 Å². The molecule has 0 fully saturated rings. The van der Waals surface area contributed by atoms with E-state index in [-0.39, 0.29) is 5.69 Å². The lowest BCUT2D eigenvalue weighted by molar-refractivity contribution is -0.384. The van der Waals surface area contributed by atoms with Gasteiger partial charge in [0, 0.05) is 29.3 Å². The van der Waals surface area contributed by atoms with Gasteiger partial charge in [-0.25, -0.2) is 0 Å². The molecule has 122 valence electrons. The average Bonchev–Trinajstić information content (AvgIpc) is 3.11. The first-order valence-electron chi connectivity index (χ1n) is 6.92. The molecule has 0 amide bonds. The van der Waals surface area contributed by atoms with E-state index in [9.17, 15) is 10.1 Å². The van der Waals surface area contributed by atoms with E-state index in [1.54, 1.807) is 44.6 Å². The third-order valence-corrected chi connectivity index (χ3v) is 3.36. The summed E-state index contributed by atoms with van der Waals surface area (Å²) in [5.41, 5.74) is 1.26. The lowest BCUT2D eigenvalue weighted by Crippen LogP contribution is -1.89. The first-order chi connectivity index (χ1) is 11.6. The molecule has 0 N–H and O–H groups in total. The van der Waals surface area contributed by atoms with Crippen molar-refractivity contribution in [1.82, 2.24) is 10.1 Å². The van der Waals surface area contributed by atoms with Crippen LogP contribution in [0.25, 0.3) is 22.8 Å². The fourth-order valence-electron chi connectivity index (χ4n) is 2.12. The van der Waals surface area contributed by atoms with Gasteiger partial charge in [0.2, 0.25) is 5.82 Å². The van der Waals surface area contributed by atoms with E-state index in [4.69, 9.17) is 14.0 Å². The molecule has 0 bridgehead atoms. The molecule has 0 radical (unpaired) electrons. The summed E-state index contributed by atoms with van der Waals surface area (Å²) in [5.74, 6) is 1.82. The Balaban J connectivity index is 1.94. The summed E-state index contributed by atoms with van der Waals surface area (Å²) in [4.78, 5) is 14.5.